The number of amides is 1. The Morgan fingerprint density at radius 3 is 2.51 bits per heavy atom. The van der Waals surface area contributed by atoms with Crippen LogP contribution in [0.1, 0.15) is 52.0 Å². The van der Waals surface area contributed by atoms with Gasteiger partial charge in [-0.05, 0) is 66.8 Å². The average Bonchev–Trinajstić information content (AvgIpc) is 2.86. The van der Waals surface area contributed by atoms with E-state index >= 15 is 0 Å². The lowest BCUT2D eigenvalue weighted by Crippen LogP contribution is -2.48. The maximum atomic E-state index is 13.8. The van der Waals surface area contributed by atoms with Crippen LogP contribution < -0.4 is 14.8 Å². The molecule has 1 aliphatic heterocycles. The number of fused-ring (bicyclic) bond motifs is 1. The highest BCUT2D eigenvalue weighted by molar-refractivity contribution is 5.94. The number of nitrogens with zero attached hydrogens (tertiary/aromatic N) is 1. The molecule has 0 spiro atoms. The smallest absolute Gasteiger partial charge is 0.251 e. The molecular formula is C29H33FN2O3. The third kappa shape index (κ3) is 5.49. The molecule has 6 heteroatoms. The molecule has 0 saturated carbocycles. The number of methoxy groups -OCH3 is 2. The molecule has 0 saturated heterocycles. The first-order valence-corrected chi connectivity index (χ1v) is 12.0. The maximum Gasteiger partial charge on any atom is 0.251 e. The Morgan fingerprint density at radius 2 is 1.83 bits per heavy atom. The number of hydrogen-bond donors (Lipinski definition) is 1. The minimum absolute atomic E-state index is 0.0819. The zero-order valence-electron chi connectivity index (χ0n) is 20.8. The normalized spacial score (nSPS) is 16.3. The molecule has 0 bridgehead atoms. The molecular weight excluding hydrogens is 443 g/mol. The first kappa shape index (κ1) is 24.7. The third-order valence-corrected chi connectivity index (χ3v) is 6.72. The van der Waals surface area contributed by atoms with Crippen molar-refractivity contribution in [2.45, 2.75) is 45.3 Å². The van der Waals surface area contributed by atoms with Crippen molar-refractivity contribution in [1.29, 1.82) is 0 Å². The van der Waals surface area contributed by atoms with Crippen LogP contribution in [0.2, 0.25) is 0 Å². The molecule has 1 heterocycles. The molecule has 2 atom stereocenters. The van der Waals surface area contributed by atoms with Crippen molar-refractivity contribution < 1.29 is 18.7 Å². The summed E-state index contributed by atoms with van der Waals surface area (Å²) >= 11 is 0. The topological polar surface area (TPSA) is 50.8 Å². The standard InChI is InChI=1S/C29H33FN2O3/c1-5-25(31-29(33)22-10-7-11-23(30)15-22)28-24-17-27(35-4)26(34-3)16-21(24)12-13-32(28)18-20-9-6-8-19(2)14-20/h6-11,14-17,25,28H,5,12-13,18H2,1-4H3,(H,31,33). The summed E-state index contributed by atoms with van der Waals surface area (Å²) in [7, 11) is 3.28. The zero-order valence-corrected chi connectivity index (χ0v) is 20.8. The molecule has 0 radical (unpaired) electrons. The number of ether oxygens (including phenoxy) is 2. The van der Waals surface area contributed by atoms with Crippen LogP contribution in [0.3, 0.4) is 0 Å². The van der Waals surface area contributed by atoms with E-state index in [4.69, 9.17) is 9.47 Å². The van der Waals surface area contributed by atoms with Gasteiger partial charge in [-0.3, -0.25) is 9.69 Å². The van der Waals surface area contributed by atoms with E-state index in [0.29, 0.717) is 23.5 Å². The summed E-state index contributed by atoms with van der Waals surface area (Å²) in [5, 5.41) is 3.19. The summed E-state index contributed by atoms with van der Waals surface area (Å²) in [5.41, 5.74) is 5.07. The van der Waals surface area contributed by atoms with Gasteiger partial charge in [-0.15, -0.1) is 0 Å². The lowest BCUT2D eigenvalue weighted by atomic mass is 9.86. The van der Waals surface area contributed by atoms with Crippen LogP contribution >= 0.6 is 0 Å². The van der Waals surface area contributed by atoms with E-state index in [9.17, 15) is 9.18 Å². The lowest BCUT2D eigenvalue weighted by Gasteiger charge is -2.42. The highest BCUT2D eigenvalue weighted by Crippen LogP contribution is 2.40. The van der Waals surface area contributed by atoms with Gasteiger partial charge >= 0.3 is 0 Å². The second-order valence-electron chi connectivity index (χ2n) is 9.06. The molecule has 35 heavy (non-hydrogen) atoms. The van der Waals surface area contributed by atoms with Crippen molar-refractivity contribution in [3.63, 3.8) is 0 Å². The predicted octanol–water partition coefficient (Wildman–Crippen LogP) is 5.46. The van der Waals surface area contributed by atoms with Crippen molar-refractivity contribution in [3.05, 3.63) is 94.3 Å². The van der Waals surface area contributed by atoms with Crippen LogP contribution in [0.4, 0.5) is 4.39 Å². The van der Waals surface area contributed by atoms with Crippen LogP contribution in [-0.2, 0) is 13.0 Å². The van der Waals surface area contributed by atoms with Gasteiger partial charge in [-0.2, -0.15) is 0 Å². The molecule has 3 aromatic carbocycles. The summed E-state index contributed by atoms with van der Waals surface area (Å²) in [4.78, 5) is 15.5. The van der Waals surface area contributed by atoms with Gasteiger partial charge < -0.3 is 14.8 Å². The summed E-state index contributed by atoms with van der Waals surface area (Å²) < 4.78 is 25.0. The quantitative estimate of drug-likeness (QED) is 0.469. The fraction of sp³-hybridized carbons (Fsp3) is 0.345. The highest BCUT2D eigenvalue weighted by Gasteiger charge is 2.35. The first-order chi connectivity index (χ1) is 16.9. The van der Waals surface area contributed by atoms with Crippen LogP contribution in [0.15, 0.2) is 60.7 Å². The summed E-state index contributed by atoms with van der Waals surface area (Å²) in [6, 6.07) is 18.1. The van der Waals surface area contributed by atoms with Gasteiger partial charge in [0.2, 0.25) is 0 Å². The van der Waals surface area contributed by atoms with E-state index in [1.54, 1.807) is 26.4 Å². The number of carbonyl (C=O) groups excluding carboxylic acids is 1. The number of carbonyl (C=O) groups is 1. The van der Waals surface area contributed by atoms with Crippen LogP contribution in [0.5, 0.6) is 11.5 Å². The molecule has 1 N–H and O–H groups in total. The van der Waals surface area contributed by atoms with Crippen molar-refractivity contribution in [3.8, 4) is 11.5 Å². The molecule has 5 nitrogen and oxygen atoms in total. The van der Waals surface area contributed by atoms with Crippen molar-refractivity contribution in [1.82, 2.24) is 10.2 Å². The Labute approximate surface area is 206 Å². The number of rotatable bonds is 8. The van der Waals surface area contributed by atoms with E-state index in [1.807, 2.05) is 12.1 Å². The molecule has 2 unspecified atom stereocenters. The Morgan fingerprint density at radius 1 is 1.09 bits per heavy atom. The number of aryl methyl sites for hydroxylation is 1. The van der Waals surface area contributed by atoms with Crippen molar-refractivity contribution >= 4 is 5.91 Å². The van der Waals surface area contributed by atoms with Crippen molar-refractivity contribution in [2.75, 3.05) is 20.8 Å². The largest absolute Gasteiger partial charge is 0.493 e. The van der Waals surface area contributed by atoms with E-state index in [0.717, 1.165) is 25.1 Å². The minimum Gasteiger partial charge on any atom is -0.493 e. The third-order valence-electron chi connectivity index (χ3n) is 6.72. The zero-order chi connectivity index (χ0) is 24.9. The van der Waals surface area contributed by atoms with Gasteiger partial charge in [-0.1, -0.05) is 42.8 Å². The summed E-state index contributed by atoms with van der Waals surface area (Å²) in [6.45, 7) is 5.76. The SMILES string of the molecule is CCC(NC(=O)c1cccc(F)c1)C1c2cc(OC)c(OC)cc2CCN1Cc1cccc(C)c1. The number of halogens is 1. The molecule has 0 aliphatic carbocycles. The van der Waals surface area contributed by atoms with E-state index < -0.39 is 5.82 Å². The van der Waals surface area contributed by atoms with E-state index in [2.05, 4.69) is 48.3 Å². The predicted molar refractivity (Wildman–Crippen MR) is 136 cm³/mol. The van der Waals surface area contributed by atoms with Gasteiger partial charge in [0.1, 0.15) is 5.82 Å². The van der Waals surface area contributed by atoms with Gasteiger partial charge in [0, 0.05) is 24.7 Å². The van der Waals surface area contributed by atoms with Crippen molar-refractivity contribution in [2.24, 2.45) is 0 Å². The molecule has 184 valence electrons. The number of hydrogen-bond acceptors (Lipinski definition) is 4. The number of benzene rings is 3. The molecule has 3 aromatic rings. The lowest BCUT2D eigenvalue weighted by molar-refractivity contribution is 0.0858. The average molecular weight is 477 g/mol. The highest BCUT2D eigenvalue weighted by atomic mass is 19.1. The Kier molecular flexibility index (Phi) is 7.71. The fourth-order valence-electron chi connectivity index (χ4n) is 5.01. The van der Waals surface area contributed by atoms with Gasteiger partial charge in [0.15, 0.2) is 11.5 Å². The summed E-state index contributed by atoms with van der Waals surface area (Å²) in [6.07, 6.45) is 1.58. The van der Waals surface area contributed by atoms with Crippen LogP contribution in [0, 0.1) is 12.7 Å². The number of nitrogens with one attached hydrogen (secondary N) is 1. The fourth-order valence-corrected chi connectivity index (χ4v) is 5.01. The van der Waals surface area contributed by atoms with Gasteiger partial charge in [0.25, 0.3) is 5.91 Å². The van der Waals surface area contributed by atoms with E-state index in [-0.39, 0.29) is 18.0 Å². The van der Waals surface area contributed by atoms with Crippen LogP contribution in [-0.4, -0.2) is 37.6 Å². The second kappa shape index (κ2) is 10.9. The van der Waals surface area contributed by atoms with Gasteiger partial charge in [0.05, 0.1) is 20.3 Å². The Bertz CT molecular complexity index is 1200. The van der Waals surface area contributed by atoms with Crippen LogP contribution in [0.25, 0.3) is 0 Å². The minimum atomic E-state index is -0.424. The molecule has 1 amide bonds. The first-order valence-electron chi connectivity index (χ1n) is 12.0. The molecule has 1 aliphatic rings. The molecule has 0 aromatic heterocycles. The van der Waals surface area contributed by atoms with E-state index in [1.165, 1.54) is 28.8 Å². The molecule has 4 rings (SSSR count). The molecule has 0 fully saturated rings. The maximum absolute atomic E-state index is 13.8. The second-order valence-corrected chi connectivity index (χ2v) is 9.06. The Balaban J connectivity index is 1.73. The van der Waals surface area contributed by atoms with Gasteiger partial charge in [-0.25, -0.2) is 4.39 Å². The summed E-state index contributed by atoms with van der Waals surface area (Å²) in [5.74, 6) is 0.667. The monoisotopic (exact) mass is 476 g/mol. The Hall–Kier alpha value is -3.38.